The van der Waals surface area contributed by atoms with Gasteiger partial charge in [-0.05, 0) is 49.2 Å². The van der Waals surface area contributed by atoms with Crippen LogP contribution in [0.1, 0.15) is 27.4 Å². The van der Waals surface area contributed by atoms with E-state index in [0.717, 1.165) is 11.1 Å². The fourth-order valence-corrected chi connectivity index (χ4v) is 2.52. The Labute approximate surface area is 167 Å². The summed E-state index contributed by atoms with van der Waals surface area (Å²) in [5.74, 6) is 0.223. The average Bonchev–Trinajstić information content (AvgIpc) is 3.21. The Bertz CT molecular complexity index is 1030. The lowest BCUT2D eigenvalue weighted by atomic mass is 10.1. The molecule has 8 heteroatoms. The first-order valence-electron chi connectivity index (χ1n) is 8.94. The van der Waals surface area contributed by atoms with Gasteiger partial charge in [0.25, 0.3) is 11.8 Å². The summed E-state index contributed by atoms with van der Waals surface area (Å²) in [6, 6.07) is 12.5. The molecule has 0 aliphatic rings. The smallest absolute Gasteiger partial charge is 0.325 e. The van der Waals surface area contributed by atoms with Crippen LogP contribution in [0.15, 0.2) is 47.0 Å². The number of aromatic nitrogens is 2. The van der Waals surface area contributed by atoms with Gasteiger partial charge in [0, 0.05) is 11.1 Å². The number of hydrogen-bond donors (Lipinski definition) is 1. The van der Waals surface area contributed by atoms with Crippen molar-refractivity contribution in [1.29, 1.82) is 0 Å². The summed E-state index contributed by atoms with van der Waals surface area (Å²) in [5, 5.41) is 6.40. The number of aryl methyl sites for hydroxylation is 2. The number of hydrogen-bond acceptors (Lipinski definition) is 7. The molecule has 1 heterocycles. The first-order chi connectivity index (χ1) is 14.0. The zero-order valence-corrected chi connectivity index (χ0v) is 16.4. The lowest BCUT2D eigenvalue weighted by Crippen LogP contribution is -2.30. The maximum atomic E-state index is 12.1. The van der Waals surface area contributed by atoms with Crippen LogP contribution in [0.5, 0.6) is 5.75 Å². The number of carbonyl (C=O) groups is 2. The van der Waals surface area contributed by atoms with Crippen LogP contribution in [-0.4, -0.2) is 35.7 Å². The van der Waals surface area contributed by atoms with Crippen LogP contribution in [0.4, 0.5) is 0 Å². The largest absolute Gasteiger partial charge is 0.497 e. The second-order valence-corrected chi connectivity index (χ2v) is 6.39. The third-order valence-corrected chi connectivity index (χ3v) is 4.32. The summed E-state index contributed by atoms with van der Waals surface area (Å²) in [7, 11) is 1.57. The monoisotopic (exact) mass is 395 g/mol. The van der Waals surface area contributed by atoms with Gasteiger partial charge in [0.15, 0.2) is 6.61 Å². The van der Waals surface area contributed by atoms with Crippen LogP contribution in [0.2, 0.25) is 0 Å². The maximum Gasteiger partial charge on any atom is 0.325 e. The van der Waals surface area contributed by atoms with Crippen molar-refractivity contribution >= 4 is 11.9 Å². The number of methoxy groups -OCH3 is 1. The van der Waals surface area contributed by atoms with Crippen molar-refractivity contribution in [3.8, 4) is 17.1 Å². The number of nitrogens with zero attached hydrogens (tertiary/aromatic N) is 2. The first-order valence-corrected chi connectivity index (χ1v) is 8.94. The van der Waals surface area contributed by atoms with Crippen molar-refractivity contribution in [1.82, 2.24) is 15.5 Å². The molecule has 1 amide bonds. The van der Waals surface area contributed by atoms with Crippen LogP contribution in [0, 0.1) is 13.8 Å². The van der Waals surface area contributed by atoms with Crippen molar-refractivity contribution < 1.29 is 23.6 Å². The van der Waals surface area contributed by atoms with E-state index in [9.17, 15) is 9.59 Å². The molecule has 3 aromatic rings. The SMILES string of the molecule is COc1cccc(-c2noc(COC(=O)CNC(=O)c3ccc(C)c(C)c3)n2)c1. The molecule has 0 saturated carbocycles. The lowest BCUT2D eigenvalue weighted by molar-refractivity contribution is -0.144. The highest BCUT2D eigenvalue weighted by atomic mass is 16.6. The maximum absolute atomic E-state index is 12.1. The van der Waals surface area contributed by atoms with Crippen LogP contribution >= 0.6 is 0 Å². The van der Waals surface area contributed by atoms with E-state index in [2.05, 4.69) is 15.5 Å². The van der Waals surface area contributed by atoms with Gasteiger partial charge in [-0.15, -0.1) is 0 Å². The summed E-state index contributed by atoms with van der Waals surface area (Å²) < 4.78 is 15.3. The predicted octanol–water partition coefficient (Wildman–Crippen LogP) is 2.84. The Morgan fingerprint density at radius 3 is 2.69 bits per heavy atom. The van der Waals surface area contributed by atoms with E-state index in [-0.39, 0.29) is 24.9 Å². The molecule has 3 rings (SSSR count). The topological polar surface area (TPSA) is 104 Å². The normalized spacial score (nSPS) is 10.4. The molecular formula is C21H21N3O5. The van der Waals surface area contributed by atoms with Gasteiger partial charge < -0.3 is 19.3 Å². The quantitative estimate of drug-likeness (QED) is 0.614. The molecule has 0 radical (unpaired) electrons. The van der Waals surface area contributed by atoms with Crippen LogP contribution < -0.4 is 10.1 Å². The van der Waals surface area contributed by atoms with Gasteiger partial charge in [-0.3, -0.25) is 9.59 Å². The standard InChI is InChI=1S/C21H21N3O5/c1-13-7-8-16(9-14(13)2)21(26)22-11-19(25)28-12-18-23-20(24-29-18)15-5-4-6-17(10-15)27-3/h4-10H,11-12H2,1-3H3,(H,22,26). The molecule has 0 saturated heterocycles. The van der Waals surface area contributed by atoms with Crippen molar-refractivity contribution in [3.63, 3.8) is 0 Å². The molecule has 8 nitrogen and oxygen atoms in total. The summed E-state index contributed by atoms with van der Waals surface area (Å²) in [6.45, 7) is 3.44. The van der Waals surface area contributed by atoms with E-state index in [1.54, 1.807) is 31.4 Å². The average molecular weight is 395 g/mol. The highest BCUT2D eigenvalue weighted by Crippen LogP contribution is 2.21. The molecule has 0 fully saturated rings. The molecule has 0 aliphatic carbocycles. The van der Waals surface area contributed by atoms with Crippen molar-refractivity contribution in [2.75, 3.05) is 13.7 Å². The molecule has 1 aromatic heterocycles. The molecule has 150 valence electrons. The van der Waals surface area contributed by atoms with Crippen molar-refractivity contribution in [2.24, 2.45) is 0 Å². The predicted molar refractivity (Wildman–Crippen MR) is 104 cm³/mol. The fourth-order valence-electron chi connectivity index (χ4n) is 2.52. The Hall–Kier alpha value is -3.68. The molecule has 0 aliphatic heterocycles. The van der Waals surface area contributed by atoms with Crippen molar-refractivity contribution in [2.45, 2.75) is 20.5 Å². The van der Waals surface area contributed by atoms with Crippen molar-refractivity contribution in [3.05, 3.63) is 65.0 Å². The molecule has 2 aromatic carbocycles. The second kappa shape index (κ2) is 9.01. The number of esters is 1. The summed E-state index contributed by atoms with van der Waals surface area (Å²) in [5.41, 5.74) is 3.30. The minimum atomic E-state index is -0.608. The van der Waals surface area contributed by atoms with E-state index in [1.165, 1.54) is 0 Å². The molecular weight excluding hydrogens is 374 g/mol. The Morgan fingerprint density at radius 2 is 1.93 bits per heavy atom. The lowest BCUT2D eigenvalue weighted by Gasteiger charge is -2.07. The number of benzene rings is 2. The van der Waals surface area contributed by atoms with Gasteiger partial charge in [0.05, 0.1) is 7.11 Å². The molecule has 0 bridgehead atoms. The number of amides is 1. The Kier molecular flexibility index (Phi) is 6.23. The summed E-state index contributed by atoms with van der Waals surface area (Å²) >= 11 is 0. The van der Waals surface area contributed by atoms with E-state index in [4.69, 9.17) is 14.0 Å². The number of carbonyl (C=O) groups excluding carboxylic acids is 2. The molecule has 0 unspecified atom stereocenters. The number of nitrogens with one attached hydrogen (secondary N) is 1. The first kappa shape index (κ1) is 20.1. The van der Waals surface area contributed by atoms with Crippen LogP contribution in [0.25, 0.3) is 11.4 Å². The summed E-state index contributed by atoms with van der Waals surface area (Å²) in [6.07, 6.45) is 0. The summed E-state index contributed by atoms with van der Waals surface area (Å²) in [4.78, 5) is 28.2. The minimum absolute atomic E-state index is 0.150. The third kappa shape index (κ3) is 5.19. The molecule has 0 spiro atoms. The Morgan fingerprint density at radius 1 is 1.10 bits per heavy atom. The minimum Gasteiger partial charge on any atom is -0.497 e. The fraction of sp³-hybridized carbons (Fsp3) is 0.238. The van der Waals surface area contributed by atoms with Crippen LogP contribution in [-0.2, 0) is 16.1 Å². The van der Waals surface area contributed by atoms with E-state index < -0.39 is 5.97 Å². The second-order valence-electron chi connectivity index (χ2n) is 6.39. The molecule has 1 N–H and O–H groups in total. The zero-order valence-electron chi connectivity index (χ0n) is 16.4. The Balaban J connectivity index is 1.50. The van der Waals surface area contributed by atoms with Crippen LogP contribution in [0.3, 0.4) is 0 Å². The van der Waals surface area contributed by atoms with Gasteiger partial charge in [-0.1, -0.05) is 23.4 Å². The number of ether oxygens (including phenoxy) is 2. The van der Waals surface area contributed by atoms with E-state index in [1.807, 2.05) is 32.0 Å². The highest BCUT2D eigenvalue weighted by Gasteiger charge is 2.13. The van der Waals surface area contributed by atoms with E-state index in [0.29, 0.717) is 22.7 Å². The highest BCUT2D eigenvalue weighted by molar-refractivity contribution is 5.96. The van der Waals surface area contributed by atoms with Gasteiger partial charge in [0.2, 0.25) is 5.82 Å². The number of rotatable bonds is 7. The molecule has 29 heavy (non-hydrogen) atoms. The van der Waals surface area contributed by atoms with Gasteiger partial charge in [-0.25, -0.2) is 0 Å². The van der Waals surface area contributed by atoms with E-state index >= 15 is 0 Å². The van der Waals surface area contributed by atoms with Gasteiger partial charge in [-0.2, -0.15) is 4.98 Å². The zero-order chi connectivity index (χ0) is 20.8. The molecule has 0 atom stereocenters. The van der Waals surface area contributed by atoms with Gasteiger partial charge >= 0.3 is 5.97 Å². The van der Waals surface area contributed by atoms with Gasteiger partial charge in [0.1, 0.15) is 12.3 Å². The third-order valence-electron chi connectivity index (χ3n) is 4.32.